The van der Waals surface area contributed by atoms with Gasteiger partial charge in [-0.25, -0.2) is 9.79 Å². The molecule has 120 valence electrons. The summed E-state index contributed by atoms with van der Waals surface area (Å²) in [6.07, 6.45) is 1.43. The van der Waals surface area contributed by atoms with Crippen LogP contribution < -0.4 is 0 Å². The molecule has 8 heteroatoms. The van der Waals surface area contributed by atoms with Crippen LogP contribution in [0, 0.1) is 13.7 Å². The molecule has 0 amide bonds. The number of hydrogen-bond acceptors (Lipinski definition) is 5. The van der Waals surface area contributed by atoms with Gasteiger partial charge in [0.1, 0.15) is 0 Å². The van der Waals surface area contributed by atoms with Crippen molar-refractivity contribution in [1.82, 2.24) is 0 Å². The Labute approximate surface area is 155 Å². The maximum absolute atomic E-state index is 12.0. The molecule has 3 rings (SSSR count). The van der Waals surface area contributed by atoms with E-state index in [0.717, 1.165) is 3.57 Å². The number of non-ortho nitro benzene ring substituents is 1. The third-order valence-electron chi connectivity index (χ3n) is 3.16. The molecule has 0 saturated heterocycles. The van der Waals surface area contributed by atoms with Crippen LogP contribution in [0.4, 0.5) is 5.69 Å². The highest BCUT2D eigenvalue weighted by Gasteiger charge is 2.26. The summed E-state index contributed by atoms with van der Waals surface area (Å²) in [6.45, 7) is 0. The molecule has 1 aliphatic rings. The Balaban J connectivity index is 1.99. The van der Waals surface area contributed by atoms with Crippen molar-refractivity contribution in [3.8, 4) is 0 Å². The predicted molar refractivity (Wildman–Crippen MR) is 97.9 cm³/mol. The molecule has 0 N–H and O–H groups in total. The van der Waals surface area contributed by atoms with Crippen molar-refractivity contribution in [3.63, 3.8) is 0 Å². The first-order valence-corrected chi connectivity index (χ1v) is 8.12. The number of aliphatic imine (C=N–C) groups is 1. The Kier molecular flexibility index (Phi) is 4.63. The number of nitro benzene ring substituents is 1. The molecule has 0 aliphatic carbocycles. The average Bonchev–Trinajstić information content (AvgIpc) is 2.90. The van der Waals surface area contributed by atoms with Crippen LogP contribution in [0.3, 0.4) is 0 Å². The van der Waals surface area contributed by atoms with E-state index < -0.39 is 10.9 Å². The van der Waals surface area contributed by atoms with Gasteiger partial charge in [-0.15, -0.1) is 0 Å². The molecule has 0 bridgehead atoms. The van der Waals surface area contributed by atoms with E-state index in [0.29, 0.717) is 16.1 Å². The molecule has 0 fully saturated rings. The molecular weight excluding hydrogens is 447 g/mol. The number of hydrogen-bond donors (Lipinski definition) is 0. The van der Waals surface area contributed by atoms with Gasteiger partial charge in [-0.1, -0.05) is 23.7 Å². The number of carbonyl (C=O) groups is 1. The van der Waals surface area contributed by atoms with Crippen LogP contribution in [0.15, 0.2) is 53.2 Å². The predicted octanol–water partition coefficient (Wildman–Crippen LogP) is 4.20. The zero-order valence-corrected chi connectivity index (χ0v) is 14.8. The van der Waals surface area contributed by atoms with E-state index in [1.54, 1.807) is 18.2 Å². The number of rotatable bonds is 3. The minimum Gasteiger partial charge on any atom is -0.402 e. The number of ether oxygens (including phenoxy) is 1. The first kappa shape index (κ1) is 16.6. The molecule has 0 saturated carbocycles. The van der Waals surface area contributed by atoms with Crippen molar-refractivity contribution in [1.29, 1.82) is 0 Å². The molecule has 0 radical (unpaired) electrons. The zero-order chi connectivity index (χ0) is 17.3. The molecule has 2 aromatic carbocycles. The maximum atomic E-state index is 12.0. The van der Waals surface area contributed by atoms with E-state index >= 15 is 0 Å². The summed E-state index contributed by atoms with van der Waals surface area (Å²) in [7, 11) is 0. The Bertz CT molecular complexity index is 924. The lowest BCUT2D eigenvalue weighted by atomic mass is 10.1. The minimum atomic E-state index is -0.633. The van der Waals surface area contributed by atoms with Crippen molar-refractivity contribution in [2.75, 3.05) is 0 Å². The molecule has 2 aromatic rings. The SMILES string of the molecule is O=C1OC(c2cc(I)ccc2Cl)=NC1=Cc1cccc([N+](=O)[O-])c1. The van der Waals surface area contributed by atoms with E-state index in [9.17, 15) is 14.9 Å². The summed E-state index contributed by atoms with van der Waals surface area (Å²) in [5, 5.41) is 11.2. The second-order valence-electron chi connectivity index (χ2n) is 4.81. The van der Waals surface area contributed by atoms with Gasteiger partial charge in [0.25, 0.3) is 5.69 Å². The third kappa shape index (κ3) is 3.46. The second-order valence-corrected chi connectivity index (χ2v) is 6.47. The molecular formula is C16H8ClIN2O4. The van der Waals surface area contributed by atoms with Gasteiger partial charge >= 0.3 is 5.97 Å². The largest absolute Gasteiger partial charge is 0.402 e. The Morgan fingerprint density at radius 1 is 1.25 bits per heavy atom. The van der Waals surface area contributed by atoms with Crippen LogP contribution in [0.5, 0.6) is 0 Å². The van der Waals surface area contributed by atoms with Gasteiger partial charge < -0.3 is 4.74 Å². The van der Waals surface area contributed by atoms with Crippen molar-refractivity contribution in [2.24, 2.45) is 4.99 Å². The number of nitro groups is 1. The number of nitrogens with zero attached hydrogens (tertiary/aromatic N) is 2. The number of esters is 1. The fourth-order valence-corrected chi connectivity index (χ4v) is 2.76. The molecule has 1 heterocycles. The van der Waals surface area contributed by atoms with Crippen LogP contribution in [0.25, 0.3) is 6.08 Å². The molecule has 0 spiro atoms. The summed E-state index contributed by atoms with van der Waals surface area (Å²) in [5.74, 6) is -0.522. The first-order chi connectivity index (χ1) is 11.4. The van der Waals surface area contributed by atoms with E-state index in [1.807, 2.05) is 6.07 Å². The van der Waals surface area contributed by atoms with Crippen LogP contribution in [0.2, 0.25) is 5.02 Å². The zero-order valence-electron chi connectivity index (χ0n) is 11.9. The quantitative estimate of drug-likeness (QED) is 0.229. The van der Waals surface area contributed by atoms with Gasteiger partial charge in [-0.3, -0.25) is 10.1 Å². The summed E-state index contributed by atoms with van der Waals surface area (Å²) in [5.41, 5.74) is 0.982. The lowest BCUT2D eigenvalue weighted by Gasteiger charge is -2.02. The number of benzene rings is 2. The number of halogens is 2. The highest BCUT2D eigenvalue weighted by molar-refractivity contribution is 14.1. The average molecular weight is 455 g/mol. The van der Waals surface area contributed by atoms with E-state index in [-0.39, 0.29) is 17.3 Å². The fraction of sp³-hybridized carbons (Fsp3) is 0. The summed E-state index contributed by atoms with van der Waals surface area (Å²) in [6, 6.07) is 11.2. The Morgan fingerprint density at radius 2 is 2.04 bits per heavy atom. The lowest BCUT2D eigenvalue weighted by Crippen LogP contribution is -2.06. The summed E-state index contributed by atoms with van der Waals surface area (Å²) >= 11 is 8.23. The molecule has 0 atom stereocenters. The van der Waals surface area contributed by atoms with Gasteiger partial charge in [0.05, 0.1) is 15.5 Å². The first-order valence-electron chi connectivity index (χ1n) is 6.66. The summed E-state index contributed by atoms with van der Waals surface area (Å²) < 4.78 is 6.09. The van der Waals surface area contributed by atoms with Gasteiger partial charge in [-0.05, 0) is 52.4 Å². The van der Waals surface area contributed by atoms with Gasteiger partial charge in [0, 0.05) is 15.7 Å². The van der Waals surface area contributed by atoms with Crippen LogP contribution in [-0.4, -0.2) is 16.8 Å². The minimum absolute atomic E-state index is 0.0559. The molecule has 0 unspecified atom stereocenters. The van der Waals surface area contributed by atoms with E-state index in [2.05, 4.69) is 27.6 Å². The molecule has 1 aliphatic heterocycles. The normalized spacial score (nSPS) is 15.3. The van der Waals surface area contributed by atoms with Crippen LogP contribution in [-0.2, 0) is 9.53 Å². The van der Waals surface area contributed by atoms with E-state index in [1.165, 1.54) is 24.3 Å². The topological polar surface area (TPSA) is 81.8 Å². The third-order valence-corrected chi connectivity index (χ3v) is 4.16. The summed E-state index contributed by atoms with van der Waals surface area (Å²) in [4.78, 5) is 26.5. The van der Waals surface area contributed by atoms with Gasteiger partial charge in [0.15, 0.2) is 5.70 Å². The maximum Gasteiger partial charge on any atom is 0.363 e. The standard InChI is InChI=1S/C16H8ClIN2O4/c17-13-5-4-10(18)8-12(13)15-19-14(16(21)24-15)7-9-2-1-3-11(6-9)20(22)23/h1-8H. The van der Waals surface area contributed by atoms with Crippen LogP contribution >= 0.6 is 34.2 Å². The smallest absolute Gasteiger partial charge is 0.363 e. The number of carbonyl (C=O) groups excluding carboxylic acids is 1. The Hall–Kier alpha value is -2.26. The van der Waals surface area contributed by atoms with Gasteiger partial charge in [0.2, 0.25) is 5.90 Å². The van der Waals surface area contributed by atoms with Crippen LogP contribution in [0.1, 0.15) is 11.1 Å². The van der Waals surface area contributed by atoms with Crippen molar-refractivity contribution >= 4 is 57.8 Å². The molecule has 6 nitrogen and oxygen atoms in total. The van der Waals surface area contributed by atoms with E-state index in [4.69, 9.17) is 16.3 Å². The van der Waals surface area contributed by atoms with Crippen molar-refractivity contribution in [3.05, 3.63) is 78.0 Å². The lowest BCUT2D eigenvalue weighted by molar-refractivity contribution is -0.384. The van der Waals surface area contributed by atoms with Crippen molar-refractivity contribution in [2.45, 2.75) is 0 Å². The monoisotopic (exact) mass is 454 g/mol. The highest BCUT2D eigenvalue weighted by atomic mass is 127. The second kappa shape index (κ2) is 6.70. The molecule has 0 aromatic heterocycles. The Morgan fingerprint density at radius 3 is 2.79 bits per heavy atom. The fourth-order valence-electron chi connectivity index (χ4n) is 2.07. The highest BCUT2D eigenvalue weighted by Crippen LogP contribution is 2.25. The molecule has 24 heavy (non-hydrogen) atoms. The van der Waals surface area contributed by atoms with Gasteiger partial charge in [-0.2, -0.15) is 0 Å². The van der Waals surface area contributed by atoms with Crippen molar-refractivity contribution < 1.29 is 14.5 Å². The number of cyclic esters (lactones) is 1.